The predicted octanol–water partition coefficient (Wildman–Crippen LogP) is 6.17. The molecule has 5 aromatic rings. The first-order valence-electron chi connectivity index (χ1n) is 12.3. The third kappa shape index (κ3) is 5.75. The molecule has 194 valence electrons. The van der Waals surface area contributed by atoms with Crippen LogP contribution in [0.1, 0.15) is 16.7 Å². The molecule has 0 aliphatic rings. The summed E-state index contributed by atoms with van der Waals surface area (Å²) in [6, 6.07) is 38.4. The normalized spacial score (nSPS) is 11.8. The Kier molecular flexibility index (Phi) is 7.54. The Hall–Kier alpha value is -4.72. The standard InChI is InChI=1S/C32H26N2O4S/c35-32(33-36)22-31(26-13-5-2-6-14-26)28-16-9-17-29(20-28)34(23-24-10-3-1-4-11-24)39(37,38)30-19-18-25-12-7-8-15-27(25)21-30/h1-22,36H,23H2,(H,33,35)/b31-22-. The van der Waals surface area contributed by atoms with Gasteiger partial charge in [-0.25, -0.2) is 13.9 Å². The van der Waals surface area contributed by atoms with Gasteiger partial charge in [0.15, 0.2) is 0 Å². The van der Waals surface area contributed by atoms with Crippen LogP contribution in [0.3, 0.4) is 0 Å². The number of hydrogen-bond acceptors (Lipinski definition) is 4. The summed E-state index contributed by atoms with van der Waals surface area (Å²) in [4.78, 5) is 12.3. The second-order valence-electron chi connectivity index (χ2n) is 8.96. The molecule has 0 unspecified atom stereocenters. The molecule has 0 saturated carbocycles. The summed E-state index contributed by atoms with van der Waals surface area (Å²) in [7, 11) is -3.98. The lowest BCUT2D eigenvalue weighted by atomic mass is 9.97. The minimum absolute atomic E-state index is 0.112. The third-order valence-corrected chi connectivity index (χ3v) is 8.16. The minimum Gasteiger partial charge on any atom is -0.288 e. The lowest BCUT2D eigenvalue weighted by molar-refractivity contribution is -0.124. The van der Waals surface area contributed by atoms with Gasteiger partial charge >= 0.3 is 0 Å². The van der Waals surface area contributed by atoms with Gasteiger partial charge in [-0.05, 0) is 57.3 Å². The van der Waals surface area contributed by atoms with Crippen molar-refractivity contribution in [2.24, 2.45) is 0 Å². The van der Waals surface area contributed by atoms with Gasteiger partial charge in [0.1, 0.15) is 0 Å². The monoisotopic (exact) mass is 534 g/mol. The van der Waals surface area contributed by atoms with Crippen LogP contribution in [0.4, 0.5) is 5.69 Å². The second-order valence-corrected chi connectivity index (χ2v) is 10.8. The van der Waals surface area contributed by atoms with Crippen LogP contribution in [0.15, 0.2) is 138 Å². The highest BCUT2D eigenvalue weighted by atomic mass is 32.2. The highest BCUT2D eigenvalue weighted by Gasteiger charge is 2.26. The molecular formula is C32H26N2O4S. The molecule has 0 aliphatic carbocycles. The Labute approximate surface area is 227 Å². The molecule has 0 heterocycles. The van der Waals surface area contributed by atoms with Crippen molar-refractivity contribution in [3.05, 3.63) is 150 Å². The molecule has 1 amide bonds. The van der Waals surface area contributed by atoms with Crippen molar-refractivity contribution in [2.45, 2.75) is 11.4 Å². The Bertz CT molecular complexity index is 1750. The molecule has 0 aromatic heterocycles. The van der Waals surface area contributed by atoms with Gasteiger partial charge in [-0.15, -0.1) is 0 Å². The zero-order chi connectivity index (χ0) is 27.2. The van der Waals surface area contributed by atoms with Crippen LogP contribution in [-0.4, -0.2) is 19.5 Å². The first-order chi connectivity index (χ1) is 19.0. The average Bonchev–Trinajstić information content (AvgIpc) is 2.99. The molecule has 0 radical (unpaired) electrons. The summed E-state index contributed by atoms with van der Waals surface area (Å²) in [6.07, 6.45) is 1.29. The number of anilines is 1. The number of nitrogens with zero attached hydrogens (tertiary/aromatic N) is 1. The SMILES string of the molecule is O=C(/C=C(/c1ccccc1)c1cccc(N(Cc2ccccc2)S(=O)(=O)c2ccc3ccccc3c2)c1)NO. The van der Waals surface area contributed by atoms with E-state index in [0.29, 0.717) is 16.8 Å². The molecular weight excluding hydrogens is 508 g/mol. The molecule has 7 heteroatoms. The first-order valence-corrected chi connectivity index (χ1v) is 13.8. The quantitative estimate of drug-likeness (QED) is 0.142. The van der Waals surface area contributed by atoms with E-state index in [2.05, 4.69) is 0 Å². The molecule has 5 aromatic carbocycles. The van der Waals surface area contributed by atoms with Crippen LogP contribution in [0.2, 0.25) is 0 Å². The van der Waals surface area contributed by atoms with Gasteiger partial charge in [-0.1, -0.05) is 103 Å². The van der Waals surface area contributed by atoms with Gasteiger partial charge < -0.3 is 0 Å². The van der Waals surface area contributed by atoms with Crippen LogP contribution in [0.25, 0.3) is 16.3 Å². The maximum absolute atomic E-state index is 14.2. The number of hydrogen-bond donors (Lipinski definition) is 2. The van der Waals surface area contributed by atoms with E-state index in [0.717, 1.165) is 21.9 Å². The number of amides is 1. The van der Waals surface area contributed by atoms with Crippen molar-refractivity contribution in [2.75, 3.05) is 4.31 Å². The molecule has 5 rings (SSSR count). The Morgan fingerprint density at radius 1 is 0.718 bits per heavy atom. The molecule has 39 heavy (non-hydrogen) atoms. The summed E-state index contributed by atoms with van der Waals surface area (Å²) in [5, 5.41) is 10.9. The van der Waals surface area contributed by atoms with E-state index in [1.807, 2.05) is 91.0 Å². The summed E-state index contributed by atoms with van der Waals surface area (Å²) >= 11 is 0. The van der Waals surface area contributed by atoms with E-state index in [1.54, 1.807) is 41.9 Å². The highest BCUT2D eigenvalue weighted by Crippen LogP contribution is 2.32. The van der Waals surface area contributed by atoms with Crippen molar-refractivity contribution >= 4 is 38.0 Å². The summed E-state index contributed by atoms with van der Waals surface area (Å²) in [5.74, 6) is -0.691. The lowest BCUT2D eigenvalue weighted by Crippen LogP contribution is -2.30. The molecule has 0 fully saturated rings. The van der Waals surface area contributed by atoms with Crippen LogP contribution in [0.5, 0.6) is 0 Å². The lowest BCUT2D eigenvalue weighted by Gasteiger charge is -2.26. The first kappa shape index (κ1) is 25.9. The Morgan fingerprint density at radius 3 is 2.08 bits per heavy atom. The van der Waals surface area contributed by atoms with Crippen molar-refractivity contribution < 1.29 is 18.4 Å². The van der Waals surface area contributed by atoms with E-state index < -0.39 is 15.9 Å². The minimum atomic E-state index is -3.98. The maximum Gasteiger partial charge on any atom is 0.267 e. The van der Waals surface area contributed by atoms with Crippen LogP contribution < -0.4 is 9.79 Å². The zero-order valence-corrected chi connectivity index (χ0v) is 21.8. The summed E-state index contributed by atoms with van der Waals surface area (Å²) < 4.78 is 29.7. The number of sulfonamides is 1. The number of benzene rings is 5. The largest absolute Gasteiger partial charge is 0.288 e. The van der Waals surface area contributed by atoms with Gasteiger partial charge in [0.2, 0.25) is 0 Å². The average molecular weight is 535 g/mol. The zero-order valence-electron chi connectivity index (χ0n) is 20.9. The predicted molar refractivity (Wildman–Crippen MR) is 154 cm³/mol. The molecule has 0 spiro atoms. The van der Waals surface area contributed by atoms with Gasteiger partial charge in [-0.3, -0.25) is 14.3 Å². The number of carbonyl (C=O) groups excluding carboxylic acids is 1. The number of nitrogens with one attached hydrogen (secondary N) is 1. The van der Waals surface area contributed by atoms with E-state index in [-0.39, 0.29) is 11.4 Å². The molecule has 0 bridgehead atoms. The number of fused-ring (bicyclic) bond motifs is 1. The van der Waals surface area contributed by atoms with Crippen molar-refractivity contribution in [3.63, 3.8) is 0 Å². The molecule has 0 saturated heterocycles. The van der Waals surface area contributed by atoms with E-state index in [1.165, 1.54) is 10.4 Å². The van der Waals surface area contributed by atoms with Crippen molar-refractivity contribution in [1.82, 2.24) is 5.48 Å². The van der Waals surface area contributed by atoms with Gasteiger partial charge in [0, 0.05) is 6.08 Å². The molecule has 0 atom stereocenters. The van der Waals surface area contributed by atoms with Crippen LogP contribution in [0, 0.1) is 0 Å². The summed E-state index contributed by atoms with van der Waals surface area (Å²) in [5.41, 5.74) is 4.80. The fraction of sp³-hybridized carbons (Fsp3) is 0.0312. The van der Waals surface area contributed by atoms with Crippen molar-refractivity contribution in [1.29, 1.82) is 0 Å². The molecule has 0 aliphatic heterocycles. The maximum atomic E-state index is 14.2. The van der Waals surface area contributed by atoms with Gasteiger partial charge in [0.05, 0.1) is 17.1 Å². The van der Waals surface area contributed by atoms with E-state index in [4.69, 9.17) is 5.21 Å². The Balaban J connectivity index is 1.64. The van der Waals surface area contributed by atoms with Crippen LogP contribution in [-0.2, 0) is 21.4 Å². The topological polar surface area (TPSA) is 86.7 Å². The van der Waals surface area contributed by atoms with E-state index >= 15 is 0 Å². The summed E-state index contributed by atoms with van der Waals surface area (Å²) in [6.45, 7) is 0.112. The fourth-order valence-electron chi connectivity index (χ4n) is 4.46. The van der Waals surface area contributed by atoms with Crippen LogP contribution >= 0.6 is 0 Å². The third-order valence-electron chi connectivity index (χ3n) is 6.39. The molecule has 6 nitrogen and oxygen atoms in total. The Morgan fingerprint density at radius 2 is 1.36 bits per heavy atom. The smallest absolute Gasteiger partial charge is 0.267 e. The van der Waals surface area contributed by atoms with E-state index in [9.17, 15) is 13.2 Å². The number of rotatable bonds is 8. The van der Waals surface area contributed by atoms with Crippen molar-refractivity contribution in [3.8, 4) is 0 Å². The second kappa shape index (κ2) is 11.3. The fourth-order valence-corrected chi connectivity index (χ4v) is 5.94. The highest BCUT2D eigenvalue weighted by molar-refractivity contribution is 7.92. The van der Waals surface area contributed by atoms with Gasteiger partial charge in [0.25, 0.3) is 15.9 Å². The molecule has 2 N–H and O–H groups in total. The van der Waals surface area contributed by atoms with Gasteiger partial charge in [-0.2, -0.15) is 0 Å². The number of carbonyl (C=O) groups is 1. The number of hydroxylamine groups is 1.